The van der Waals surface area contributed by atoms with E-state index in [1.54, 1.807) is 4.67 Å². The summed E-state index contributed by atoms with van der Waals surface area (Å²) in [6, 6.07) is 47.9. The van der Waals surface area contributed by atoms with Crippen LogP contribution in [0.2, 0.25) is 0 Å². The predicted octanol–water partition coefficient (Wildman–Crippen LogP) is 7.42. The third kappa shape index (κ3) is 4.51. The zero-order valence-corrected chi connectivity index (χ0v) is 25.1. The minimum Gasteiger partial charge on any atom is -0.308 e. The van der Waals surface area contributed by atoms with Gasteiger partial charge in [0.05, 0.1) is 5.69 Å². The number of carbonyl (C=O) groups is 1. The van der Waals surface area contributed by atoms with Gasteiger partial charge in [-0.05, 0) is 43.0 Å². The maximum absolute atomic E-state index is 15.7. The molecule has 0 spiro atoms. The zero-order valence-electron chi connectivity index (χ0n) is 22.4. The summed E-state index contributed by atoms with van der Waals surface area (Å²) < 4.78 is 19.6. The lowest BCUT2D eigenvalue weighted by molar-refractivity contribution is -0.113. The number of hydrogen-bond donors (Lipinski definition) is 0. The van der Waals surface area contributed by atoms with Crippen LogP contribution in [0.5, 0.6) is 0 Å². The average Bonchev–Trinajstić information content (AvgIpc) is 3.03. The highest BCUT2D eigenvalue weighted by Crippen LogP contribution is 2.66. The van der Waals surface area contributed by atoms with Gasteiger partial charge in [0.1, 0.15) is 5.31 Å². The Hall–Kier alpha value is -4.01. The summed E-state index contributed by atoms with van der Waals surface area (Å²) in [4.78, 5) is 15.1. The van der Waals surface area contributed by atoms with Gasteiger partial charge < -0.3 is 4.57 Å². The Morgan fingerprint density at radius 1 is 0.561 bits per heavy atom. The quantitative estimate of drug-likeness (QED) is 0.193. The van der Waals surface area contributed by atoms with Gasteiger partial charge >= 0.3 is 0 Å². The molecule has 6 rings (SSSR count). The largest absolute Gasteiger partial charge is 0.308 e. The van der Waals surface area contributed by atoms with Gasteiger partial charge in [-0.1, -0.05) is 127 Å². The molecule has 1 aliphatic heterocycles. The monoisotopic (exact) mass is 590 g/mol. The van der Waals surface area contributed by atoms with E-state index < -0.39 is 13.5 Å². The number of nitrogens with zero attached hydrogens (tertiary/aromatic N) is 2. The van der Waals surface area contributed by atoms with Crippen LogP contribution in [0.25, 0.3) is 0 Å². The topological polar surface area (TPSA) is 40.6 Å². The number of carbonyl (C=O) groups excluding carboxylic acids is 1. The van der Waals surface area contributed by atoms with Crippen molar-refractivity contribution in [2.24, 2.45) is 0 Å². The Kier molecular flexibility index (Phi) is 7.36. The normalized spacial score (nSPS) is 17.5. The van der Waals surface area contributed by atoms with Gasteiger partial charge in [0, 0.05) is 27.3 Å². The molecule has 1 aliphatic rings. The second-order valence-electron chi connectivity index (χ2n) is 9.69. The molecule has 202 valence electrons. The molecule has 7 heteroatoms. The SMILES string of the molecule is CC1=C(P(=O)(c2ccccc2)c2ccccc2)C(=O)N(c2ccccc2)P(=S)(c2ccccc2)N1c1ccccc1. The van der Waals surface area contributed by atoms with E-state index in [1.165, 1.54) is 0 Å². The molecule has 0 aromatic heterocycles. The minimum absolute atomic E-state index is 0.263. The summed E-state index contributed by atoms with van der Waals surface area (Å²) in [5.41, 5.74) is 2.12. The molecule has 5 aromatic rings. The molecule has 0 N–H and O–H groups in total. The van der Waals surface area contributed by atoms with E-state index in [-0.39, 0.29) is 11.2 Å². The molecule has 0 aliphatic carbocycles. The summed E-state index contributed by atoms with van der Waals surface area (Å²) in [5, 5.41) is 2.33. The first-order valence-electron chi connectivity index (χ1n) is 13.3. The van der Waals surface area contributed by atoms with E-state index in [1.807, 2.05) is 159 Å². The number of benzene rings is 5. The van der Waals surface area contributed by atoms with Crippen molar-refractivity contribution in [3.05, 3.63) is 163 Å². The lowest BCUT2D eigenvalue weighted by Gasteiger charge is -2.49. The fourth-order valence-electron chi connectivity index (χ4n) is 5.43. The van der Waals surface area contributed by atoms with Crippen molar-refractivity contribution in [1.29, 1.82) is 0 Å². The molecule has 41 heavy (non-hydrogen) atoms. The number of allylic oxidation sites excluding steroid dienone is 1. The molecule has 1 atom stereocenters. The van der Waals surface area contributed by atoms with Gasteiger partial charge in [0.15, 0.2) is 13.5 Å². The van der Waals surface area contributed by atoms with Crippen molar-refractivity contribution in [2.45, 2.75) is 6.92 Å². The van der Waals surface area contributed by atoms with Crippen molar-refractivity contribution in [3.63, 3.8) is 0 Å². The van der Waals surface area contributed by atoms with Crippen molar-refractivity contribution >= 4 is 58.5 Å². The molecule has 0 saturated heterocycles. The molecule has 1 unspecified atom stereocenters. The summed E-state index contributed by atoms with van der Waals surface area (Å²) in [6.07, 6.45) is -3.06. The van der Waals surface area contributed by atoms with Gasteiger partial charge in [0.25, 0.3) is 5.91 Å². The fourth-order valence-corrected chi connectivity index (χ4v) is 13.0. The lowest BCUT2D eigenvalue weighted by atomic mass is 10.3. The van der Waals surface area contributed by atoms with E-state index in [4.69, 9.17) is 11.8 Å². The van der Waals surface area contributed by atoms with Gasteiger partial charge in [-0.2, -0.15) is 0 Å². The number of para-hydroxylation sites is 2. The number of rotatable bonds is 6. The summed E-state index contributed by atoms with van der Waals surface area (Å²) in [5.74, 6) is -0.330. The van der Waals surface area contributed by atoms with Crippen LogP contribution in [0, 0.1) is 0 Å². The third-order valence-electron chi connectivity index (χ3n) is 7.25. The first kappa shape index (κ1) is 27.2. The highest BCUT2D eigenvalue weighted by atomic mass is 32.4. The first-order valence-corrected chi connectivity index (χ1v) is 17.7. The first-order chi connectivity index (χ1) is 20.0. The summed E-state index contributed by atoms with van der Waals surface area (Å²) in [6.45, 7) is 1.89. The molecular formula is C34H28N2O2P2S. The number of anilines is 2. The van der Waals surface area contributed by atoms with Crippen LogP contribution >= 0.6 is 13.5 Å². The van der Waals surface area contributed by atoms with Crippen LogP contribution in [0.4, 0.5) is 11.4 Å². The molecule has 0 radical (unpaired) electrons. The molecule has 1 heterocycles. The summed E-state index contributed by atoms with van der Waals surface area (Å²) >= 11 is 6.71. The molecule has 0 saturated carbocycles. The van der Waals surface area contributed by atoms with Crippen molar-refractivity contribution in [3.8, 4) is 0 Å². The molecule has 0 fully saturated rings. The van der Waals surface area contributed by atoms with Gasteiger partial charge in [-0.15, -0.1) is 0 Å². The Morgan fingerprint density at radius 2 is 0.927 bits per heavy atom. The maximum atomic E-state index is 15.7. The average molecular weight is 591 g/mol. The fraction of sp³-hybridized carbons (Fsp3) is 0.0294. The van der Waals surface area contributed by atoms with Crippen LogP contribution in [0.3, 0.4) is 0 Å². The van der Waals surface area contributed by atoms with Gasteiger partial charge in [-0.3, -0.25) is 14.1 Å². The molecule has 5 aromatic carbocycles. The van der Waals surface area contributed by atoms with Crippen LogP contribution in [0.15, 0.2) is 163 Å². The van der Waals surface area contributed by atoms with E-state index in [2.05, 4.69) is 4.67 Å². The standard InChI is InChI=1S/C34H28N2O2P2S/c1-27-33(39(38,30-21-11-4-12-22-30)31-23-13-5-14-24-31)34(37)36(29-19-9-3-10-20-29)40(41,32-25-15-6-16-26-32)35(27)28-17-7-2-8-18-28/h2-26H,1H3. The number of amides is 1. The minimum atomic E-state index is -3.66. The van der Waals surface area contributed by atoms with Crippen LogP contribution in [0.1, 0.15) is 6.92 Å². The van der Waals surface area contributed by atoms with Crippen molar-refractivity contribution < 1.29 is 9.36 Å². The second-order valence-corrected chi connectivity index (χ2v) is 16.3. The Labute approximate surface area is 246 Å². The van der Waals surface area contributed by atoms with E-state index in [9.17, 15) is 0 Å². The maximum Gasteiger partial charge on any atom is 0.269 e. The zero-order chi connectivity index (χ0) is 28.5. The van der Waals surface area contributed by atoms with Gasteiger partial charge in [0.2, 0.25) is 0 Å². The third-order valence-corrected chi connectivity index (χ3v) is 15.1. The predicted molar refractivity (Wildman–Crippen MR) is 176 cm³/mol. The Morgan fingerprint density at radius 3 is 1.37 bits per heavy atom. The molecule has 4 nitrogen and oxygen atoms in total. The van der Waals surface area contributed by atoms with E-state index in [0.29, 0.717) is 22.0 Å². The van der Waals surface area contributed by atoms with Crippen molar-refractivity contribution in [1.82, 2.24) is 0 Å². The summed E-state index contributed by atoms with van der Waals surface area (Å²) in [7, 11) is -3.66. The van der Waals surface area contributed by atoms with Crippen molar-refractivity contribution in [2.75, 3.05) is 9.34 Å². The van der Waals surface area contributed by atoms with Crippen LogP contribution < -0.4 is 25.3 Å². The van der Waals surface area contributed by atoms with E-state index in [0.717, 1.165) is 11.0 Å². The Bertz CT molecular complexity index is 1770. The molecule has 1 amide bonds. The van der Waals surface area contributed by atoms with E-state index >= 15 is 9.36 Å². The van der Waals surface area contributed by atoms with Gasteiger partial charge in [-0.25, -0.2) is 0 Å². The Balaban J connectivity index is 1.76. The highest BCUT2D eigenvalue weighted by Gasteiger charge is 2.51. The smallest absolute Gasteiger partial charge is 0.269 e. The molecular weight excluding hydrogens is 562 g/mol. The van der Waals surface area contributed by atoms with Crippen LogP contribution in [-0.4, -0.2) is 5.91 Å². The second kappa shape index (κ2) is 11.1. The highest BCUT2D eigenvalue weighted by molar-refractivity contribution is 8.20. The van der Waals surface area contributed by atoms with Crippen LogP contribution in [-0.2, 0) is 21.2 Å². The lowest BCUT2D eigenvalue weighted by Crippen LogP contribution is -2.46. The molecule has 0 bridgehead atoms. The number of hydrogen-bond acceptors (Lipinski definition) is 3.